The Morgan fingerprint density at radius 2 is 2.07 bits per heavy atom. The van der Waals surface area contributed by atoms with Crippen molar-refractivity contribution in [1.82, 2.24) is 10.1 Å². The molecular weight excluding hydrogens is 180 g/mol. The molecule has 2 N–H and O–H groups in total. The third-order valence-corrected chi connectivity index (χ3v) is 2.00. The first-order valence-corrected chi connectivity index (χ1v) is 5.00. The highest BCUT2D eigenvalue weighted by molar-refractivity contribution is 5.26. The molecule has 0 aliphatic heterocycles. The molecule has 1 unspecified atom stereocenters. The summed E-state index contributed by atoms with van der Waals surface area (Å²) in [4.78, 5) is 6.30. The monoisotopic (exact) mass is 198 g/mol. The standard InChI is InChI=1S/C9H18N4O/c1-4-13(5-2)9-11-8(14-12-9)6-7(3)10/h7H,4-6,10H2,1-3H3. The van der Waals surface area contributed by atoms with Gasteiger partial charge in [0, 0.05) is 25.6 Å². The maximum Gasteiger partial charge on any atom is 0.266 e. The largest absolute Gasteiger partial charge is 0.339 e. The minimum Gasteiger partial charge on any atom is -0.339 e. The summed E-state index contributed by atoms with van der Waals surface area (Å²) < 4.78 is 5.08. The van der Waals surface area contributed by atoms with E-state index in [0.717, 1.165) is 13.1 Å². The van der Waals surface area contributed by atoms with E-state index in [2.05, 4.69) is 24.0 Å². The molecule has 14 heavy (non-hydrogen) atoms. The Labute approximate surface area is 84.3 Å². The molecule has 0 aliphatic rings. The lowest BCUT2D eigenvalue weighted by Crippen LogP contribution is -2.23. The van der Waals surface area contributed by atoms with Crippen LogP contribution in [-0.2, 0) is 6.42 Å². The fraction of sp³-hybridized carbons (Fsp3) is 0.778. The van der Waals surface area contributed by atoms with Gasteiger partial charge in [-0.2, -0.15) is 4.98 Å². The fourth-order valence-electron chi connectivity index (χ4n) is 1.24. The van der Waals surface area contributed by atoms with Gasteiger partial charge in [-0.1, -0.05) is 0 Å². The van der Waals surface area contributed by atoms with E-state index in [1.807, 2.05) is 11.8 Å². The molecule has 0 aromatic carbocycles. The van der Waals surface area contributed by atoms with Crippen molar-refractivity contribution in [3.63, 3.8) is 0 Å². The van der Waals surface area contributed by atoms with Crippen molar-refractivity contribution < 1.29 is 4.52 Å². The average molecular weight is 198 g/mol. The van der Waals surface area contributed by atoms with Gasteiger partial charge in [0.05, 0.1) is 0 Å². The quantitative estimate of drug-likeness (QED) is 0.758. The molecule has 0 radical (unpaired) electrons. The average Bonchev–Trinajstić information content (AvgIpc) is 2.54. The highest BCUT2D eigenvalue weighted by Gasteiger charge is 2.11. The predicted octanol–water partition coefficient (Wildman–Crippen LogP) is 0.805. The molecule has 80 valence electrons. The van der Waals surface area contributed by atoms with E-state index in [1.54, 1.807) is 0 Å². The van der Waals surface area contributed by atoms with Crippen molar-refractivity contribution >= 4 is 5.95 Å². The molecular formula is C9H18N4O. The Balaban J connectivity index is 2.66. The zero-order valence-electron chi connectivity index (χ0n) is 9.03. The number of rotatable bonds is 5. The summed E-state index contributed by atoms with van der Waals surface area (Å²) in [5.74, 6) is 1.27. The van der Waals surface area contributed by atoms with Crippen molar-refractivity contribution in [2.75, 3.05) is 18.0 Å². The number of aromatic nitrogens is 2. The second kappa shape index (κ2) is 4.95. The van der Waals surface area contributed by atoms with Crippen LogP contribution in [0.5, 0.6) is 0 Å². The van der Waals surface area contributed by atoms with Crippen molar-refractivity contribution in [2.24, 2.45) is 5.73 Å². The summed E-state index contributed by atoms with van der Waals surface area (Å²) in [5, 5.41) is 3.90. The summed E-state index contributed by atoms with van der Waals surface area (Å²) in [6.07, 6.45) is 0.633. The SMILES string of the molecule is CCN(CC)c1noc(CC(C)N)n1. The van der Waals surface area contributed by atoms with Gasteiger partial charge in [0.2, 0.25) is 5.89 Å². The van der Waals surface area contributed by atoms with Crippen molar-refractivity contribution in [2.45, 2.75) is 33.2 Å². The van der Waals surface area contributed by atoms with Crippen LogP contribution in [0.2, 0.25) is 0 Å². The van der Waals surface area contributed by atoms with Gasteiger partial charge in [-0.05, 0) is 25.9 Å². The van der Waals surface area contributed by atoms with Gasteiger partial charge in [0.15, 0.2) is 0 Å². The number of nitrogens with two attached hydrogens (primary N) is 1. The van der Waals surface area contributed by atoms with Crippen molar-refractivity contribution in [3.8, 4) is 0 Å². The molecule has 1 atom stereocenters. The van der Waals surface area contributed by atoms with Gasteiger partial charge >= 0.3 is 0 Å². The summed E-state index contributed by atoms with van der Waals surface area (Å²) in [5.41, 5.74) is 5.63. The van der Waals surface area contributed by atoms with E-state index in [1.165, 1.54) is 0 Å². The minimum absolute atomic E-state index is 0.0556. The van der Waals surface area contributed by atoms with E-state index in [0.29, 0.717) is 18.3 Å². The van der Waals surface area contributed by atoms with Gasteiger partial charge in [0.25, 0.3) is 5.95 Å². The topological polar surface area (TPSA) is 68.2 Å². The van der Waals surface area contributed by atoms with Gasteiger partial charge < -0.3 is 15.2 Å². The van der Waals surface area contributed by atoms with Crippen LogP contribution in [0.15, 0.2) is 4.52 Å². The van der Waals surface area contributed by atoms with Crippen LogP contribution in [0.3, 0.4) is 0 Å². The minimum atomic E-state index is 0.0556. The lowest BCUT2D eigenvalue weighted by atomic mass is 10.2. The summed E-state index contributed by atoms with van der Waals surface area (Å²) in [6.45, 7) is 7.80. The lowest BCUT2D eigenvalue weighted by molar-refractivity contribution is 0.370. The molecule has 0 saturated carbocycles. The highest BCUT2D eigenvalue weighted by Crippen LogP contribution is 2.09. The van der Waals surface area contributed by atoms with E-state index in [9.17, 15) is 0 Å². The first-order valence-electron chi connectivity index (χ1n) is 5.00. The molecule has 1 aromatic heterocycles. The molecule has 0 amide bonds. The molecule has 5 nitrogen and oxygen atoms in total. The second-order valence-corrected chi connectivity index (χ2v) is 3.34. The fourth-order valence-corrected chi connectivity index (χ4v) is 1.24. The lowest BCUT2D eigenvalue weighted by Gasteiger charge is -2.14. The maximum absolute atomic E-state index is 5.63. The van der Waals surface area contributed by atoms with Gasteiger partial charge in [-0.25, -0.2) is 0 Å². The number of nitrogens with zero attached hydrogens (tertiary/aromatic N) is 3. The van der Waals surface area contributed by atoms with E-state index >= 15 is 0 Å². The molecule has 1 heterocycles. The van der Waals surface area contributed by atoms with Crippen LogP contribution in [0.1, 0.15) is 26.7 Å². The maximum atomic E-state index is 5.63. The van der Waals surface area contributed by atoms with Crippen LogP contribution < -0.4 is 10.6 Å². The normalized spacial score (nSPS) is 12.9. The Kier molecular flexibility index (Phi) is 3.88. The highest BCUT2D eigenvalue weighted by atomic mass is 16.5. The van der Waals surface area contributed by atoms with Crippen LogP contribution in [0.25, 0.3) is 0 Å². The first-order chi connectivity index (χ1) is 6.67. The molecule has 5 heteroatoms. The molecule has 0 aliphatic carbocycles. The van der Waals surface area contributed by atoms with Gasteiger partial charge in [-0.15, -0.1) is 0 Å². The molecule has 0 bridgehead atoms. The van der Waals surface area contributed by atoms with E-state index in [-0.39, 0.29) is 6.04 Å². The first kappa shape index (κ1) is 11.0. The zero-order chi connectivity index (χ0) is 10.6. The van der Waals surface area contributed by atoms with E-state index < -0.39 is 0 Å². The number of anilines is 1. The Morgan fingerprint density at radius 1 is 1.43 bits per heavy atom. The summed E-state index contributed by atoms with van der Waals surface area (Å²) in [7, 11) is 0. The summed E-state index contributed by atoms with van der Waals surface area (Å²) >= 11 is 0. The molecule has 0 spiro atoms. The predicted molar refractivity (Wildman–Crippen MR) is 55.2 cm³/mol. The van der Waals surface area contributed by atoms with Crippen molar-refractivity contribution in [1.29, 1.82) is 0 Å². The van der Waals surface area contributed by atoms with Crippen LogP contribution in [-0.4, -0.2) is 29.3 Å². The van der Waals surface area contributed by atoms with Crippen LogP contribution in [0.4, 0.5) is 5.95 Å². The Hall–Kier alpha value is -1.10. The Morgan fingerprint density at radius 3 is 2.57 bits per heavy atom. The second-order valence-electron chi connectivity index (χ2n) is 3.34. The third-order valence-electron chi connectivity index (χ3n) is 2.00. The molecule has 1 aromatic rings. The zero-order valence-corrected chi connectivity index (χ0v) is 9.03. The van der Waals surface area contributed by atoms with Crippen LogP contribution in [0, 0.1) is 0 Å². The van der Waals surface area contributed by atoms with Gasteiger partial charge in [-0.3, -0.25) is 0 Å². The number of hydrogen-bond acceptors (Lipinski definition) is 5. The number of hydrogen-bond donors (Lipinski definition) is 1. The van der Waals surface area contributed by atoms with Gasteiger partial charge in [0.1, 0.15) is 0 Å². The Bertz CT molecular complexity index is 268. The molecule has 0 fully saturated rings. The summed E-state index contributed by atoms with van der Waals surface area (Å²) in [6, 6.07) is 0.0556. The smallest absolute Gasteiger partial charge is 0.266 e. The molecule has 0 saturated heterocycles. The third kappa shape index (κ3) is 2.70. The molecule has 1 rings (SSSR count). The van der Waals surface area contributed by atoms with Crippen LogP contribution >= 0.6 is 0 Å². The van der Waals surface area contributed by atoms with E-state index in [4.69, 9.17) is 10.3 Å². The van der Waals surface area contributed by atoms with Crippen molar-refractivity contribution in [3.05, 3.63) is 5.89 Å².